The van der Waals surface area contributed by atoms with Crippen molar-refractivity contribution in [2.75, 3.05) is 26.2 Å². The van der Waals surface area contributed by atoms with Gasteiger partial charge >= 0.3 is 0 Å². The zero-order valence-electron chi connectivity index (χ0n) is 16.6. The second-order valence-corrected chi connectivity index (χ2v) is 9.42. The van der Waals surface area contributed by atoms with Crippen molar-refractivity contribution in [2.45, 2.75) is 17.9 Å². The molecule has 150 valence electrons. The molecule has 0 aromatic heterocycles. The minimum Gasteiger partial charge on any atom is -0.290 e. The highest BCUT2D eigenvalue weighted by Gasteiger charge is 2.32. The van der Waals surface area contributed by atoms with Gasteiger partial charge in [0.05, 0.1) is 10.9 Å². The first-order valence-electron chi connectivity index (χ1n) is 9.96. The van der Waals surface area contributed by atoms with Crippen LogP contribution in [0.5, 0.6) is 0 Å². The molecule has 5 heteroatoms. The molecule has 0 radical (unpaired) electrons. The fourth-order valence-corrected chi connectivity index (χ4v) is 5.54. The number of hydrogen-bond donors (Lipinski definition) is 0. The van der Waals surface area contributed by atoms with E-state index < -0.39 is 10.0 Å². The molecule has 1 aliphatic rings. The quantitative estimate of drug-likeness (QED) is 0.641. The van der Waals surface area contributed by atoms with E-state index in [-0.39, 0.29) is 6.04 Å². The summed E-state index contributed by atoms with van der Waals surface area (Å²) in [5.74, 6) is 0. The summed E-state index contributed by atoms with van der Waals surface area (Å²) >= 11 is 0. The van der Waals surface area contributed by atoms with Crippen LogP contribution in [0.15, 0.2) is 89.8 Å². The third-order valence-corrected chi connectivity index (χ3v) is 7.39. The van der Waals surface area contributed by atoms with Gasteiger partial charge in [-0.25, -0.2) is 8.42 Å². The molecule has 4 nitrogen and oxygen atoms in total. The highest BCUT2D eigenvalue weighted by molar-refractivity contribution is 7.89. The molecule has 0 saturated carbocycles. The monoisotopic (exact) mass is 406 g/mol. The van der Waals surface area contributed by atoms with E-state index in [1.54, 1.807) is 22.5 Å². The minimum absolute atomic E-state index is 0.126. The van der Waals surface area contributed by atoms with Gasteiger partial charge in [0.25, 0.3) is 0 Å². The summed E-state index contributed by atoms with van der Waals surface area (Å²) in [6, 6.07) is 28.2. The molecule has 1 heterocycles. The predicted molar refractivity (Wildman–Crippen MR) is 116 cm³/mol. The Balaban J connectivity index is 1.56. The lowest BCUT2D eigenvalue weighted by Gasteiger charge is -2.39. The largest absolute Gasteiger partial charge is 0.290 e. The molecule has 1 saturated heterocycles. The van der Waals surface area contributed by atoms with Gasteiger partial charge in [0, 0.05) is 26.2 Å². The van der Waals surface area contributed by atoms with Crippen LogP contribution >= 0.6 is 0 Å². The summed E-state index contributed by atoms with van der Waals surface area (Å²) in [5, 5.41) is 0. The second kappa shape index (κ2) is 8.49. The maximum Gasteiger partial charge on any atom is 0.243 e. The Morgan fingerprint density at radius 3 is 1.79 bits per heavy atom. The van der Waals surface area contributed by atoms with Gasteiger partial charge in [-0.05, 0) is 35.7 Å². The van der Waals surface area contributed by atoms with Gasteiger partial charge in [-0.1, -0.05) is 72.8 Å². The number of piperazine rings is 1. The molecular weight excluding hydrogens is 380 g/mol. The van der Waals surface area contributed by atoms with Gasteiger partial charge in [-0.3, -0.25) is 4.90 Å². The lowest BCUT2D eigenvalue weighted by atomic mass is 9.96. The zero-order chi connectivity index (χ0) is 20.3. The summed E-state index contributed by atoms with van der Waals surface area (Å²) in [6.07, 6.45) is 0. The number of hydrogen-bond acceptors (Lipinski definition) is 3. The van der Waals surface area contributed by atoms with Crippen LogP contribution in [0.3, 0.4) is 0 Å². The molecule has 0 N–H and O–H groups in total. The average Bonchev–Trinajstić information content (AvgIpc) is 2.76. The molecular formula is C24H26N2O2S. The van der Waals surface area contributed by atoms with Crippen LogP contribution in [0, 0.1) is 6.92 Å². The van der Waals surface area contributed by atoms with E-state index in [0.717, 1.165) is 5.56 Å². The lowest BCUT2D eigenvalue weighted by molar-refractivity contribution is 0.156. The number of aryl methyl sites for hydroxylation is 1. The van der Waals surface area contributed by atoms with E-state index in [1.807, 2.05) is 25.1 Å². The van der Waals surface area contributed by atoms with Crippen LogP contribution in [-0.4, -0.2) is 43.8 Å². The first-order chi connectivity index (χ1) is 14.1. The molecule has 3 aromatic carbocycles. The first-order valence-corrected chi connectivity index (χ1v) is 11.4. The molecule has 1 aliphatic heterocycles. The maximum absolute atomic E-state index is 13.1. The Labute approximate surface area is 173 Å². The second-order valence-electron chi connectivity index (χ2n) is 7.48. The molecule has 0 bridgehead atoms. The predicted octanol–water partition coefficient (Wildman–Crippen LogP) is 4.09. The van der Waals surface area contributed by atoms with Gasteiger partial charge in [0.15, 0.2) is 0 Å². The van der Waals surface area contributed by atoms with Crippen molar-refractivity contribution >= 4 is 10.0 Å². The van der Waals surface area contributed by atoms with Crippen LogP contribution in [0.1, 0.15) is 22.7 Å². The zero-order valence-corrected chi connectivity index (χ0v) is 17.4. The molecule has 0 spiro atoms. The summed E-state index contributed by atoms with van der Waals surface area (Å²) in [6.45, 7) is 4.29. The topological polar surface area (TPSA) is 40.6 Å². The van der Waals surface area contributed by atoms with E-state index in [1.165, 1.54) is 11.1 Å². The number of nitrogens with zero attached hydrogens (tertiary/aromatic N) is 2. The molecule has 0 aliphatic carbocycles. The van der Waals surface area contributed by atoms with E-state index in [2.05, 4.69) is 53.4 Å². The summed E-state index contributed by atoms with van der Waals surface area (Å²) in [7, 11) is -3.46. The summed E-state index contributed by atoms with van der Waals surface area (Å²) < 4.78 is 27.7. The van der Waals surface area contributed by atoms with Crippen LogP contribution in [0.4, 0.5) is 0 Å². The molecule has 29 heavy (non-hydrogen) atoms. The summed E-state index contributed by atoms with van der Waals surface area (Å²) in [4.78, 5) is 2.76. The fraction of sp³-hybridized carbons (Fsp3) is 0.250. The maximum atomic E-state index is 13.1. The highest BCUT2D eigenvalue weighted by atomic mass is 32.2. The Bertz CT molecular complexity index is 1010. The van der Waals surface area contributed by atoms with Crippen molar-refractivity contribution in [3.8, 4) is 0 Å². The Morgan fingerprint density at radius 1 is 0.724 bits per heavy atom. The van der Waals surface area contributed by atoms with Crippen LogP contribution in [-0.2, 0) is 10.0 Å². The van der Waals surface area contributed by atoms with Gasteiger partial charge in [-0.15, -0.1) is 0 Å². The molecule has 0 amide bonds. The van der Waals surface area contributed by atoms with Gasteiger partial charge in [0.2, 0.25) is 10.0 Å². The third-order valence-electron chi connectivity index (χ3n) is 5.50. The van der Waals surface area contributed by atoms with Crippen molar-refractivity contribution in [3.63, 3.8) is 0 Å². The SMILES string of the molecule is Cc1cccc(S(=O)(=O)N2CCN(C(c3ccccc3)c3ccccc3)CC2)c1. The van der Waals surface area contributed by atoms with Crippen LogP contribution < -0.4 is 0 Å². The third kappa shape index (κ3) is 4.27. The lowest BCUT2D eigenvalue weighted by Crippen LogP contribution is -2.49. The van der Waals surface area contributed by atoms with Crippen LogP contribution in [0.2, 0.25) is 0 Å². The molecule has 4 rings (SSSR count). The number of rotatable bonds is 5. The Morgan fingerprint density at radius 2 is 1.28 bits per heavy atom. The molecule has 0 atom stereocenters. The fourth-order valence-electron chi connectivity index (χ4n) is 4.01. The molecule has 3 aromatic rings. The van der Waals surface area contributed by atoms with E-state index >= 15 is 0 Å². The van der Waals surface area contributed by atoms with Gasteiger partial charge in [-0.2, -0.15) is 4.31 Å². The summed E-state index contributed by atoms with van der Waals surface area (Å²) in [5.41, 5.74) is 3.42. The Hall–Kier alpha value is -2.47. The standard InChI is InChI=1S/C24H26N2O2S/c1-20-9-8-14-23(19-20)29(27,28)26-17-15-25(16-18-26)24(21-10-4-2-5-11-21)22-12-6-3-7-13-22/h2-14,19,24H,15-18H2,1H3. The smallest absolute Gasteiger partial charge is 0.243 e. The minimum atomic E-state index is -3.46. The first kappa shape index (κ1) is 19.8. The molecule has 0 unspecified atom stereocenters. The normalized spacial score (nSPS) is 16.2. The van der Waals surface area contributed by atoms with Crippen molar-refractivity contribution in [2.24, 2.45) is 0 Å². The molecule has 1 fully saturated rings. The van der Waals surface area contributed by atoms with Crippen LogP contribution in [0.25, 0.3) is 0 Å². The number of sulfonamides is 1. The van der Waals surface area contributed by atoms with Crippen molar-refractivity contribution in [1.29, 1.82) is 0 Å². The number of benzene rings is 3. The highest BCUT2D eigenvalue weighted by Crippen LogP contribution is 2.30. The van der Waals surface area contributed by atoms with Crippen molar-refractivity contribution in [1.82, 2.24) is 9.21 Å². The van der Waals surface area contributed by atoms with E-state index in [9.17, 15) is 8.42 Å². The van der Waals surface area contributed by atoms with E-state index in [4.69, 9.17) is 0 Å². The van der Waals surface area contributed by atoms with Gasteiger partial charge in [0.1, 0.15) is 0 Å². The van der Waals surface area contributed by atoms with Crippen molar-refractivity contribution in [3.05, 3.63) is 102 Å². The van der Waals surface area contributed by atoms with Gasteiger partial charge < -0.3 is 0 Å². The Kier molecular flexibility index (Phi) is 5.81. The average molecular weight is 407 g/mol. The van der Waals surface area contributed by atoms with E-state index in [0.29, 0.717) is 31.1 Å². The van der Waals surface area contributed by atoms with Crippen molar-refractivity contribution < 1.29 is 8.42 Å².